The van der Waals surface area contributed by atoms with Crippen LogP contribution in [0.15, 0.2) is 78.9 Å². The highest BCUT2D eigenvalue weighted by Crippen LogP contribution is 2.24. The molecule has 1 aliphatic heterocycles. The third-order valence-electron chi connectivity index (χ3n) is 4.61. The molecule has 138 valence electrons. The van der Waals surface area contributed by atoms with Gasteiger partial charge in [-0.3, -0.25) is 19.3 Å². The van der Waals surface area contributed by atoms with E-state index in [2.05, 4.69) is 0 Å². The van der Waals surface area contributed by atoms with Crippen LogP contribution in [0, 0.1) is 0 Å². The normalized spacial score (nSPS) is 12.8. The van der Waals surface area contributed by atoms with Crippen LogP contribution in [-0.2, 0) is 4.79 Å². The van der Waals surface area contributed by atoms with Crippen molar-refractivity contribution in [3.05, 3.63) is 90.0 Å². The molecule has 3 aromatic carbocycles. The zero-order valence-electron chi connectivity index (χ0n) is 15.0. The van der Waals surface area contributed by atoms with E-state index in [1.165, 1.54) is 0 Å². The smallest absolute Gasteiger partial charge is 0.312 e. The first-order chi connectivity index (χ1) is 13.6. The lowest BCUT2D eigenvalue weighted by Crippen LogP contribution is -2.32. The first-order valence-corrected chi connectivity index (χ1v) is 8.95. The van der Waals surface area contributed by atoms with Crippen LogP contribution in [0.5, 0.6) is 5.75 Å². The predicted molar refractivity (Wildman–Crippen MR) is 104 cm³/mol. The summed E-state index contributed by atoms with van der Waals surface area (Å²) in [6, 6.07) is 23.7. The molecule has 0 radical (unpaired) electrons. The Labute approximate surface area is 162 Å². The van der Waals surface area contributed by atoms with Crippen LogP contribution in [0.1, 0.15) is 27.1 Å². The summed E-state index contributed by atoms with van der Waals surface area (Å²) in [7, 11) is 0. The van der Waals surface area contributed by atoms with E-state index in [1.807, 2.05) is 42.5 Å². The Morgan fingerprint density at radius 3 is 1.86 bits per heavy atom. The lowest BCUT2D eigenvalue weighted by atomic mass is 10.1. The molecule has 0 aliphatic carbocycles. The fourth-order valence-corrected chi connectivity index (χ4v) is 3.17. The average molecular weight is 371 g/mol. The second-order valence-electron chi connectivity index (χ2n) is 6.42. The summed E-state index contributed by atoms with van der Waals surface area (Å²) in [5, 5.41) is 0. The van der Waals surface area contributed by atoms with Gasteiger partial charge in [-0.1, -0.05) is 54.6 Å². The predicted octanol–water partition coefficient (Wildman–Crippen LogP) is 3.95. The van der Waals surface area contributed by atoms with Crippen molar-refractivity contribution in [3.8, 4) is 16.9 Å². The van der Waals surface area contributed by atoms with E-state index >= 15 is 0 Å². The number of imide groups is 1. The zero-order chi connectivity index (χ0) is 19.5. The molecule has 1 aliphatic rings. The van der Waals surface area contributed by atoms with Crippen LogP contribution in [0.2, 0.25) is 0 Å². The molecule has 5 heteroatoms. The second-order valence-corrected chi connectivity index (χ2v) is 6.42. The largest absolute Gasteiger partial charge is 0.426 e. The highest BCUT2D eigenvalue weighted by atomic mass is 16.5. The van der Waals surface area contributed by atoms with E-state index in [1.54, 1.807) is 36.4 Å². The van der Waals surface area contributed by atoms with Gasteiger partial charge in [0.25, 0.3) is 11.8 Å². The number of hydrogen-bond acceptors (Lipinski definition) is 4. The fraction of sp³-hybridized carbons (Fsp3) is 0.0870. The molecule has 0 fully saturated rings. The van der Waals surface area contributed by atoms with Gasteiger partial charge in [0.1, 0.15) is 5.75 Å². The van der Waals surface area contributed by atoms with Crippen LogP contribution in [0.3, 0.4) is 0 Å². The maximum Gasteiger partial charge on any atom is 0.312 e. The van der Waals surface area contributed by atoms with Gasteiger partial charge in [-0.15, -0.1) is 0 Å². The van der Waals surface area contributed by atoms with Crippen molar-refractivity contribution in [2.24, 2.45) is 0 Å². The first kappa shape index (κ1) is 17.7. The summed E-state index contributed by atoms with van der Waals surface area (Å²) >= 11 is 0. The molecule has 0 aromatic heterocycles. The maximum absolute atomic E-state index is 12.3. The summed E-state index contributed by atoms with van der Waals surface area (Å²) in [6.45, 7) is -0.00667. The van der Waals surface area contributed by atoms with E-state index in [0.29, 0.717) is 16.9 Å². The number of rotatable bonds is 5. The molecule has 28 heavy (non-hydrogen) atoms. The van der Waals surface area contributed by atoms with E-state index in [0.717, 1.165) is 16.0 Å². The molecule has 0 atom stereocenters. The van der Waals surface area contributed by atoms with Gasteiger partial charge >= 0.3 is 5.97 Å². The van der Waals surface area contributed by atoms with Crippen molar-refractivity contribution in [3.63, 3.8) is 0 Å². The SMILES string of the molecule is O=C(CCN1C(=O)c2ccccc2C1=O)Oc1ccc(-c2ccccc2)cc1. The Kier molecular flexibility index (Phi) is 4.72. The molecular formula is C23H17NO4. The Bertz CT molecular complexity index is 1010. The highest BCUT2D eigenvalue weighted by molar-refractivity contribution is 6.21. The Balaban J connectivity index is 1.35. The number of ether oxygens (including phenoxy) is 1. The van der Waals surface area contributed by atoms with Gasteiger partial charge in [0.2, 0.25) is 0 Å². The number of carbonyl (C=O) groups excluding carboxylic acids is 3. The molecule has 0 saturated carbocycles. The minimum atomic E-state index is -0.496. The molecule has 0 N–H and O–H groups in total. The van der Waals surface area contributed by atoms with Crippen LogP contribution in [0.4, 0.5) is 0 Å². The summed E-state index contributed by atoms with van der Waals surface area (Å²) in [6.07, 6.45) is -0.0636. The molecule has 4 rings (SSSR count). The van der Waals surface area contributed by atoms with Gasteiger partial charge in [0.05, 0.1) is 17.5 Å². The third-order valence-corrected chi connectivity index (χ3v) is 4.61. The van der Waals surface area contributed by atoms with Crippen molar-refractivity contribution in [1.29, 1.82) is 0 Å². The fourth-order valence-electron chi connectivity index (χ4n) is 3.17. The lowest BCUT2D eigenvalue weighted by Gasteiger charge is -2.13. The van der Waals surface area contributed by atoms with Crippen molar-refractivity contribution in [1.82, 2.24) is 4.90 Å². The number of esters is 1. The van der Waals surface area contributed by atoms with Gasteiger partial charge in [0, 0.05) is 6.54 Å². The Morgan fingerprint density at radius 2 is 1.25 bits per heavy atom. The van der Waals surface area contributed by atoms with Crippen molar-refractivity contribution < 1.29 is 19.1 Å². The van der Waals surface area contributed by atoms with Gasteiger partial charge < -0.3 is 4.74 Å². The number of hydrogen-bond donors (Lipinski definition) is 0. The van der Waals surface area contributed by atoms with Crippen LogP contribution >= 0.6 is 0 Å². The monoisotopic (exact) mass is 371 g/mol. The average Bonchev–Trinajstić information content (AvgIpc) is 2.98. The number of fused-ring (bicyclic) bond motifs is 1. The highest BCUT2D eigenvalue weighted by Gasteiger charge is 2.35. The van der Waals surface area contributed by atoms with Gasteiger partial charge in [-0.05, 0) is 35.4 Å². The summed E-state index contributed by atoms with van der Waals surface area (Å²) in [4.78, 5) is 37.8. The molecule has 5 nitrogen and oxygen atoms in total. The topological polar surface area (TPSA) is 63.7 Å². The van der Waals surface area contributed by atoms with E-state index in [-0.39, 0.29) is 24.8 Å². The molecule has 3 aromatic rings. The first-order valence-electron chi connectivity index (χ1n) is 8.95. The number of benzene rings is 3. The minimum Gasteiger partial charge on any atom is -0.426 e. The van der Waals surface area contributed by atoms with E-state index < -0.39 is 5.97 Å². The maximum atomic E-state index is 12.3. The zero-order valence-corrected chi connectivity index (χ0v) is 15.0. The molecule has 2 amide bonds. The molecular weight excluding hydrogens is 354 g/mol. The minimum absolute atomic E-state index is 0.00667. The summed E-state index contributed by atoms with van der Waals surface area (Å²) < 4.78 is 5.32. The van der Waals surface area contributed by atoms with Gasteiger partial charge in [-0.25, -0.2) is 0 Å². The molecule has 0 saturated heterocycles. The van der Waals surface area contributed by atoms with Crippen LogP contribution < -0.4 is 4.74 Å². The van der Waals surface area contributed by atoms with Crippen molar-refractivity contribution in [2.75, 3.05) is 6.54 Å². The molecule has 1 heterocycles. The third kappa shape index (κ3) is 3.42. The number of amides is 2. The van der Waals surface area contributed by atoms with Gasteiger partial charge in [0.15, 0.2) is 0 Å². The quantitative estimate of drug-likeness (QED) is 0.387. The van der Waals surface area contributed by atoms with Gasteiger partial charge in [-0.2, -0.15) is 0 Å². The summed E-state index contributed by atoms with van der Waals surface area (Å²) in [5.41, 5.74) is 2.84. The second kappa shape index (κ2) is 7.48. The Morgan fingerprint density at radius 1 is 0.714 bits per heavy atom. The van der Waals surface area contributed by atoms with Crippen molar-refractivity contribution >= 4 is 17.8 Å². The standard InChI is InChI=1S/C23H17NO4/c25-21(14-15-24-22(26)19-8-4-5-9-20(19)23(24)27)28-18-12-10-17(11-13-18)16-6-2-1-3-7-16/h1-13H,14-15H2. The summed E-state index contributed by atoms with van der Waals surface area (Å²) in [5.74, 6) is -0.822. The van der Waals surface area contributed by atoms with Crippen molar-refractivity contribution in [2.45, 2.75) is 6.42 Å². The van der Waals surface area contributed by atoms with Crippen LogP contribution in [-0.4, -0.2) is 29.2 Å². The molecule has 0 bridgehead atoms. The molecule has 0 spiro atoms. The van der Waals surface area contributed by atoms with E-state index in [4.69, 9.17) is 4.74 Å². The Hall–Kier alpha value is -3.73. The van der Waals surface area contributed by atoms with Crippen LogP contribution in [0.25, 0.3) is 11.1 Å². The molecule has 0 unspecified atom stereocenters. The lowest BCUT2D eigenvalue weighted by molar-refractivity contribution is -0.134. The number of nitrogens with zero attached hydrogens (tertiary/aromatic N) is 1. The number of carbonyl (C=O) groups is 3. The van der Waals surface area contributed by atoms with E-state index in [9.17, 15) is 14.4 Å².